The van der Waals surface area contributed by atoms with Crippen LogP contribution in [-0.2, 0) is 4.74 Å². The standard InChI is InChI=1S/C19H22N6O2/c1-12-10-25(11-13(2)27-12)19-23-17-16(20-8-9-21-17)18(24-19)22-14-4-6-15(26-3)7-5-14/h4-9,12-13H,10-11H2,1-3H3,(H,21,22,23,24). The number of nitrogens with zero attached hydrogens (tertiary/aromatic N) is 5. The number of hydrogen-bond acceptors (Lipinski definition) is 8. The molecule has 0 aliphatic carbocycles. The van der Waals surface area contributed by atoms with E-state index in [1.807, 2.05) is 24.3 Å². The zero-order valence-electron chi connectivity index (χ0n) is 15.6. The Labute approximate surface area is 157 Å². The molecule has 0 amide bonds. The van der Waals surface area contributed by atoms with Crippen LogP contribution < -0.4 is 15.0 Å². The third-order valence-corrected chi connectivity index (χ3v) is 4.38. The fourth-order valence-corrected chi connectivity index (χ4v) is 3.23. The van der Waals surface area contributed by atoms with Crippen LogP contribution in [0.5, 0.6) is 5.75 Å². The lowest BCUT2D eigenvalue weighted by molar-refractivity contribution is -0.00569. The molecule has 1 aliphatic heterocycles. The van der Waals surface area contributed by atoms with E-state index in [-0.39, 0.29) is 12.2 Å². The van der Waals surface area contributed by atoms with Gasteiger partial charge in [0, 0.05) is 31.2 Å². The highest BCUT2D eigenvalue weighted by Crippen LogP contribution is 2.26. The van der Waals surface area contributed by atoms with Gasteiger partial charge in [0.2, 0.25) is 5.95 Å². The number of nitrogens with one attached hydrogen (secondary N) is 1. The van der Waals surface area contributed by atoms with E-state index >= 15 is 0 Å². The fourth-order valence-electron chi connectivity index (χ4n) is 3.23. The van der Waals surface area contributed by atoms with Gasteiger partial charge in [-0.15, -0.1) is 0 Å². The van der Waals surface area contributed by atoms with Gasteiger partial charge in [0.25, 0.3) is 0 Å². The van der Waals surface area contributed by atoms with E-state index in [0.29, 0.717) is 22.9 Å². The second-order valence-corrected chi connectivity index (χ2v) is 6.62. The molecule has 2 atom stereocenters. The topological polar surface area (TPSA) is 85.3 Å². The zero-order valence-corrected chi connectivity index (χ0v) is 15.6. The predicted molar refractivity (Wildman–Crippen MR) is 104 cm³/mol. The van der Waals surface area contributed by atoms with E-state index in [9.17, 15) is 0 Å². The van der Waals surface area contributed by atoms with Crippen molar-refractivity contribution >= 4 is 28.6 Å². The first-order valence-electron chi connectivity index (χ1n) is 8.92. The molecule has 140 valence electrons. The maximum atomic E-state index is 5.82. The molecule has 1 fully saturated rings. The van der Waals surface area contributed by atoms with Crippen molar-refractivity contribution in [3.8, 4) is 5.75 Å². The van der Waals surface area contributed by atoms with Crippen LogP contribution in [0.2, 0.25) is 0 Å². The molecule has 8 heteroatoms. The molecule has 8 nitrogen and oxygen atoms in total. The largest absolute Gasteiger partial charge is 0.497 e. The number of rotatable bonds is 4. The second-order valence-electron chi connectivity index (χ2n) is 6.62. The Bertz CT molecular complexity index is 923. The molecule has 0 bridgehead atoms. The summed E-state index contributed by atoms with van der Waals surface area (Å²) in [7, 11) is 1.65. The van der Waals surface area contributed by atoms with Crippen molar-refractivity contribution in [2.24, 2.45) is 0 Å². The van der Waals surface area contributed by atoms with E-state index in [1.165, 1.54) is 0 Å². The Kier molecular flexibility index (Phi) is 4.72. The van der Waals surface area contributed by atoms with Gasteiger partial charge in [0.1, 0.15) is 5.75 Å². The van der Waals surface area contributed by atoms with Crippen LogP contribution >= 0.6 is 0 Å². The first kappa shape index (κ1) is 17.4. The van der Waals surface area contributed by atoms with Crippen molar-refractivity contribution in [3.63, 3.8) is 0 Å². The number of morpholine rings is 1. The molecular weight excluding hydrogens is 344 g/mol. The molecule has 0 radical (unpaired) electrons. The van der Waals surface area contributed by atoms with E-state index in [4.69, 9.17) is 14.5 Å². The summed E-state index contributed by atoms with van der Waals surface area (Å²) in [6.45, 7) is 5.58. The molecule has 0 spiro atoms. The van der Waals surface area contributed by atoms with E-state index < -0.39 is 0 Å². The minimum Gasteiger partial charge on any atom is -0.497 e. The minimum absolute atomic E-state index is 0.118. The number of hydrogen-bond donors (Lipinski definition) is 1. The van der Waals surface area contributed by atoms with Crippen LogP contribution in [0.4, 0.5) is 17.5 Å². The summed E-state index contributed by atoms with van der Waals surface area (Å²) in [6.07, 6.45) is 3.52. The van der Waals surface area contributed by atoms with Crippen LogP contribution in [0.1, 0.15) is 13.8 Å². The SMILES string of the molecule is COc1ccc(Nc2nc(N3CC(C)OC(C)C3)nc3nccnc23)cc1. The summed E-state index contributed by atoms with van der Waals surface area (Å²) in [5.74, 6) is 2.05. The Morgan fingerprint density at radius 1 is 1.04 bits per heavy atom. The van der Waals surface area contributed by atoms with Crippen LogP contribution in [0, 0.1) is 0 Å². The summed E-state index contributed by atoms with van der Waals surface area (Å²) in [5, 5.41) is 3.33. The maximum Gasteiger partial charge on any atom is 0.229 e. The van der Waals surface area contributed by atoms with Crippen LogP contribution in [0.25, 0.3) is 11.2 Å². The van der Waals surface area contributed by atoms with Crippen molar-refractivity contribution in [3.05, 3.63) is 36.7 Å². The van der Waals surface area contributed by atoms with Crippen molar-refractivity contribution in [2.45, 2.75) is 26.1 Å². The smallest absolute Gasteiger partial charge is 0.229 e. The van der Waals surface area contributed by atoms with Crippen LogP contribution in [0.15, 0.2) is 36.7 Å². The highest BCUT2D eigenvalue weighted by molar-refractivity contribution is 5.85. The summed E-state index contributed by atoms with van der Waals surface area (Å²) >= 11 is 0. The van der Waals surface area contributed by atoms with E-state index in [2.05, 4.69) is 39.0 Å². The first-order chi connectivity index (χ1) is 13.1. The lowest BCUT2D eigenvalue weighted by Gasteiger charge is -2.35. The van der Waals surface area contributed by atoms with Gasteiger partial charge in [-0.1, -0.05) is 0 Å². The number of benzene rings is 1. The Morgan fingerprint density at radius 3 is 2.44 bits per heavy atom. The summed E-state index contributed by atoms with van der Waals surface area (Å²) in [6, 6.07) is 7.65. The zero-order chi connectivity index (χ0) is 18.8. The Balaban J connectivity index is 1.71. The summed E-state index contributed by atoms with van der Waals surface area (Å²) in [4.78, 5) is 20.3. The van der Waals surface area contributed by atoms with Crippen molar-refractivity contribution < 1.29 is 9.47 Å². The molecule has 3 heterocycles. The van der Waals surface area contributed by atoms with Crippen LogP contribution in [0.3, 0.4) is 0 Å². The number of fused-ring (bicyclic) bond motifs is 1. The molecule has 27 heavy (non-hydrogen) atoms. The van der Waals surface area contributed by atoms with Gasteiger partial charge in [-0.05, 0) is 38.1 Å². The molecular formula is C19H22N6O2. The minimum atomic E-state index is 0.118. The fraction of sp³-hybridized carbons (Fsp3) is 0.368. The normalized spacial score (nSPS) is 19.9. The van der Waals surface area contributed by atoms with Crippen molar-refractivity contribution in [1.82, 2.24) is 19.9 Å². The monoisotopic (exact) mass is 366 g/mol. The lowest BCUT2D eigenvalue weighted by atomic mass is 10.2. The number of methoxy groups -OCH3 is 1. The van der Waals surface area contributed by atoms with Gasteiger partial charge >= 0.3 is 0 Å². The maximum absolute atomic E-state index is 5.82. The van der Waals surface area contributed by atoms with Crippen molar-refractivity contribution in [1.29, 1.82) is 0 Å². The molecule has 2 aromatic heterocycles. The average Bonchev–Trinajstić information content (AvgIpc) is 2.68. The number of ether oxygens (including phenoxy) is 2. The summed E-state index contributed by atoms with van der Waals surface area (Å²) in [5.41, 5.74) is 2.08. The molecule has 2 unspecified atom stereocenters. The second kappa shape index (κ2) is 7.32. The van der Waals surface area contributed by atoms with Gasteiger partial charge in [0.15, 0.2) is 17.0 Å². The number of anilines is 3. The van der Waals surface area contributed by atoms with Gasteiger partial charge in [0.05, 0.1) is 19.3 Å². The molecule has 1 N–H and O–H groups in total. The van der Waals surface area contributed by atoms with Gasteiger partial charge in [-0.2, -0.15) is 9.97 Å². The molecule has 4 rings (SSSR count). The van der Waals surface area contributed by atoms with E-state index in [1.54, 1.807) is 19.5 Å². The lowest BCUT2D eigenvalue weighted by Crippen LogP contribution is -2.46. The molecule has 0 saturated carbocycles. The first-order valence-corrected chi connectivity index (χ1v) is 8.92. The highest BCUT2D eigenvalue weighted by Gasteiger charge is 2.25. The van der Waals surface area contributed by atoms with Gasteiger partial charge in [-0.3, -0.25) is 0 Å². The number of aromatic nitrogens is 4. The van der Waals surface area contributed by atoms with Gasteiger partial charge < -0.3 is 19.7 Å². The van der Waals surface area contributed by atoms with Crippen LogP contribution in [-0.4, -0.2) is 52.3 Å². The predicted octanol–water partition coefficient (Wildman–Crippen LogP) is 2.79. The quantitative estimate of drug-likeness (QED) is 0.754. The van der Waals surface area contributed by atoms with Crippen molar-refractivity contribution in [2.75, 3.05) is 30.4 Å². The van der Waals surface area contributed by atoms with E-state index in [0.717, 1.165) is 24.5 Å². The molecule has 1 aliphatic rings. The van der Waals surface area contributed by atoms with Gasteiger partial charge in [-0.25, -0.2) is 9.97 Å². The third-order valence-electron chi connectivity index (χ3n) is 4.38. The molecule has 1 saturated heterocycles. The molecule has 3 aromatic rings. The highest BCUT2D eigenvalue weighted by atomic mass is 16.5. The molecule has 1 aromatic carbocycles. The third kappa shape index (κ3) is 3.75. The Morgan fingerprint density at radius 2 is 1.74 bits per heavy atom. The Hall–Kier alpha value is -3.00. The summed E-state index contributed by atoms with van der Waals surface area (Å²) < 4.78 is 11.0. The average molecular weight is 366 g/mol.